The highest BCUT2D eigenvalue weighted by molar-refractivity contribution is 7.99. The molecule has 0 aliphatic heterocycles. The van der Waals surface area contributed by atoms with Crippen molar-refractivity contribution in [3.05, 3.63) is 78.4 Å². The maximum atomic E-state index is 13.0. The zero-order valence-electron chi connectivity index (χ0n) is 17.4. The van der Waals surface area contributed by atoms with Crippen LogP contribution in [0.4, 0.5) is 10.1 Å². The number of thioether (sulfide) groups is 1. The predicted octanol–water partition coefficient (Wildman–Crippen LogP) is 3.27. The average Bonchev–Trinajstić information content (AvgIpc) is 3.19. The summed E-state index contributed by atoms with van der Waals surface area (Å²) in [6.45, 7) is 4.32. The Kier molecular flexibility index (Phi) is 7.98. The molecule has 0 saturated heterocycles. The quantitative estimate of drug-likeness (QED) is 0.360. The van der Waals surface area contributed by atoms with E-state index in [9.17, 15) is 14.0 Å². The summed E-state index contributed by atoms with van der Waals surface area (Å²) in [6.07, 6.45) is 1.68. The lowest BCUT2D eigenvalue weighted by atomic mass is 10.2. The van der Waals surface area contributed by atoms with Crippen molar-refractivity contribution in [3.63, 3.8) is 0 Å². The van der Waals surface area contributed by atoms with Crippen LogP contribution in [-0.2, 0) is 17.9 Å². The highest BCUT2D eigenvalue weighted by Gasteiger charge is 2.15. The van der Waals surface area contributed by atoms with Crippen LogP contribution in [0.15, 0.2) is 66.3 Å². The number of hydrogen-bond donors (Lipinski definition) is 2. The van der Waals surface area contributed by atoms with Crippen molar-refractivity contribution in [1.82, 2.24) is 20.1 Å². The Balaban J connectivity index is 1.58. The van der Waals surface area contributed by atoms with Gasteiger partial charge in [0, 0.05) is 17.8 Å². The van der Waals surface area contributed by atoms with E-state index < -0.39 is 0 Å². The van der Waals surface area contributed by atoms with Crippen LogP contribution in [-0.4, -0.2) is 39.4 Å². The van der Waals surface area contributed by atoms with Gasteiger partial charge >= 0.3 is 0 Å². The molecule has 0 aliphatic rings. The fourth-order valence-corrected chi connectivity index (χ4v) is 3.50. The summed E-state index contributed by atoms with van der Waals surface area (Å²) in [7, 11) is 1.56. The van der Waals surface area contributed by atoms with Crippen LogP contribution in [0.2, 0.25) is 0 Å². The smallest absolute Gasteiger partial charge is 0.251 e. The molecular weight excluding hydrogens is 433 g/mol. The monoisotopic (exact) mass is 455 g/mol. The van der Waals surface area contributed by atoms with E-state index in [2.05, 4.69) is 27.4 Å². The standard InChI is InChI=1S/C22H22FN5O3S/c1-3-12-28-19(13-24-21(30)15-4-10-18(31-2)11-5-15)26-27-22(28)32-14-20(29)25-17-8-6-16(23)7-9-17/h3-11H,1,12-14H2,2H3,(H,24,30)(H,25,29). The lowest BCUT2D eigenvalue weighted by Gasteiger charge is -2.09. The summed E-state index contributed by atoms with van der Waals surface area (Å²) in [6, 6.07) is 12.3. The number of carbonyl (C=O) groups is 2. The highest BCUT2D eigenvalue weighted by Crippen LogP contribution is 2.18. The molecule has 0 radical (unpaired) electrons. The van der Waals surface area contributed by atoms with Crippen molar-refractivity contribution < 1.29 is 18.7 Å². The molecule has 3 aromatic rings. The first-order valence-corrected chi connectivity index (χ1v) is 10.6. The van der Waals surface area contributed by atoms with Crippen molar-refractivity contribution in [1.29, 1.82) is 0 Å². The van der Waals surface area contributed by atoms with E-state index in [1.165, 1.54) is 36.0 Å². The molecule has 3 rings (SSSR count). The molecule has 0 aliphatic carbocycles. The van der Waals surface area contributed by atoms with Gasteiger partial charge < -0.3 is 19.9 Å². The molecule has 166 valence electrons. The number of hydrogen-bond acceptors (Lipinski definition) is 6. The zero-order valence-corrected chi connectivity index (χ0v) is 18.2. The Hall–Kier alpha value is -3.66. The van der Waals surface area contributed by atoms with Crippen molar-refractivity contribution in [3.8, 4) is 5.75 Å². The van der Waals surface area contributed by atoms with Gasteiger partial charge in [0.2, 0.25) is 5.91 Å². The molecule has 8 nitrogen and oxygen atoms in total. The minimum atomic E-state index is -0.374. The Morgan fingerprint density at radius 1 is 1.16 bits per heavy atom. The number of halogens is 1. The molecule has 0 fully saturated rings. The van der Waals surface area contributed by atoms with Crippen LogP contribution in [0.3, 0.4) is 0 Å². The normalized spacial score (nSPS) is 10.4. The molecular formula is C22H22FN5O3S. The second-order valence-electron chi connectivity index (χ2n) is 6.55. The van der Waals surface area contributed by atoms with Gasteiger partial charge in [0.1, 0.15) is 11.6 Å². The van der Waals surface area contributed by atoms with E-state index in [0.29, 0.717) is 34.5 Å². The van der Waals surface area contributed by atoms with Crippen LogP contribution >= 0.6 is 11.8 Å². The molecule has 2 N–H and O–H groups in total. The molecule has 1 aromatic heterocycles. The van der Waals surface area contributed by atoms with Crippen LogP contribution < -0.4 is 15.4 Å². The SMILES string of the molecule is C=CCn1c(CNC(=O)c2ccc(OC)cc2)nnc1SCC(=O)Nc1ccc(F)cc1. The lowest BCUT2D eigenvalue weighted by Crippen LogP contribution is -2.24. The molecule has 10 heteroatoms. The summed E-state index contributed by atoms with van der Waals surface area (Å²) < 4.78 is 19.8. The summed E-state index contributed by atoms with van der Waals surface area (Å²) in [4.78, 5) is 24.6. The maximum absolute atomic E-state index is 13.0. The minimum Gasteiger partial charge on any atom is -0.497 e. The number of ether oxygens (including phenoxy) is 1. The van der Waals surface area contributed by atoms with Crippen molar-refractivity contribution in [2.75, 3.05) is 18.2 Å². The van der Waals surface area contributed by atoms with Gasteiger partial charge in [-0.25, -0.2) is 4.39 Å². The van der Waals surface area contributed by atoms with E-state index in [0.717, 1.165) is 0 Å². The number of aromatic nitrogens is 3. The van der Waals surface area contributed by atoms with Gasteiger partial charge in [-0.3, -0.25) is 9.59 Å². The molecule has 0 unspecified atom stereocenters. The summed E-state index contributed by atoms with van der Waals surface area (Å²) in [5.74, 6) is 0.398. The fraction of sp³-hybridized carbons (Fsp3) is 0.182. The van der Waals surface area contributed by atoms with Crippen LogP contribution in [0.5, 0.6) is 5.75 Å². The first kappa shape index (κ1) is 23.0. The van der Waals surface area contributed by atoms with E-state index in [1.807, 2.05) is 0 Å². The minimum absolute atomic E-state index is 0.0882. The van der Waals surface area contributed by atoms with E-state index in [4.69, 9.17) is 4.74 Å². The average molecular weight is 456 g/mol. The van der Waals surface area contributed by atoms with Gasteiger partial charge in [-0.05, 0) is 48.5 Å². The number of carbonyl (C=O) groups excluding carboxylic acids is 2. The molecule has 1 heterocycles. The third-order valence-electron chi connectivity index (χ3n) is 4.32. The molecule has 2 amide bonds. The van der Waals surface area contributed by atoms with Crippen molar-refractivity contribution in [2.24, 2.45) is 0 Å². The van der Waals surface area contributed by atoms with E-state index in [1.54, 1.807) is 42.0 Å². The molecule has 0 atom stereocenters. The van der Waals surface area contributed by atoms with E-state index in [-0.39, 0.29) is 29.9 Å². The number of methoxy groups -OCH3 is 1. The summed E-state index contributed by atoms with van der Waals surface area (Å²) in [5, 5.41) is 14.3. The number of rotatable bonds is 10. The summed E-state index contributed by atoms with van der Waals surface area (Å²) >= 11 is 1.20. The second kappa shape index (κ2) is 11.1. The number of benzene rings is 2. The first-order valence-electron chi connectivity index (χ1n) is 9.63. The zero-order chi connectivity index (χ0) is 22.9. The Morgan fingerprint density at radius 3 is 2.53 bits per heavy atom. The number of nitrogens with one attached hydrogen (secondary N) is 2. The molecule has 0 saturated carbocycles. The first-order chi connectivity index (χ1) is 15.5. The van der Waals surface area contributed by atoms with Crippen LogP contribution in [0, 0.1) is 5.82 Å². The summed E-state index contributed by atoms with van der Waals surface area (Å²) in [5.41, 5.74) is 0.999. The fourth-order valence-electron chi connectivity index (χ4n) is 2.73. The lowest BCUT2D eigenvalue weighted by molar-refractivity contribution is -0.113. The predicted molar refractivity (Wildman–Crippen MR) is 120 cm³/mol. The molecule has 2 aromatic carbocycles. The van der Waals surface area contributed by atoms with Gasteiger partial charge in [-0.1, -0.05) is 17.8 Å². The van der Waals surface area contributed by atoms with Crippen molar-refractivity contribution in [2.45, 2.75) is 18.2 Å². The molecule has 0 spiro atoms. The second-order valence-corrected chi connectivity index (χ2v) is 7.50. The molecule has 32 heavy (non-hydrogen) atoms. The Labute approximate surface area is 188 Å². The number of nitrogens with zero attached hydrogens (tertiary/aromatic N) is 3. The van der Waals surface area contributed by atoms with Gasteiger partial charge in [0.25, 0.3) is 5.91 Å². The van der Waals surface area contributed by atoms with Gasteiger partial charge in [-0.2, -0.15) is 0 Å². The van der Waals surface area contributed by atoms with Crippen molar-refractivity contribution >= 4 is 29.3 Å². The largest absolute Gasteiger partial charge is 0.497 e. The van der Waals surface area contributed by atoms with Crippen LogP contribution in [0.25, 0.3) is 0 Å². The Morgan fingerprint density at radius 2 is 1.88 bits per heavy atom. The van der Waals surface area contributed by atoms with Gasteiger partial charge in [0.05, 0.1) is 19.4 Å². The van der Waals surface area contributed by atoms with Gasteiger partial charge in [0.15, 0.2) is 11.0 Å². The molecule has 0 bridgehead atoms. The third-order valence-corrected chi connectivity index (χ3v) is 5.29. The highest BCUT2D eigenvalue weighted by atomic mass is 32.2. The van der Waals surface area contributed by atoms with E-state index >= 15 is 0 Å². The number of amides is 2. The number of allylic oxidation sites excluding steroid dienone is 1. The topological polar surface area (TPSA) is 98.1 Å². The van der Waals surface area contributed by atoms with Gasteiger partial charge in [-0.15, -0.1) is 16.8 Å². The maximum Gasteiger partial charge on any atom is 0.251 e. The van der Waals surface area contributed by atoms with Crippen LogP contribution in [0.1, 0.15) is 16.2 Å². The Bertz CT molecular complexity index is 1080. The third kappa shape index (κ3) is 6.17. The number of anilines is 1.